The zero-order chi connectivity index (χ0) is 19.1. The van der Waals surface area contributed by atoms with Crippen LogP contribution in [0.25, 0.3) is 11.1 Å². The van der Waals surface area contributed by atoms with Crippen molar-refractivity contribution >= 4 is 5.97 Å². The average molecular weight is 360 g/mol. The van der Waals surface area contributed by atoms with E-state index in [0.29, 0.717) is 18.8 Å². The second kappa shape index (κ2) is 9.15. The highest BCUT2D eigenvalue weighted by atomic mass is 16.6. The van der Waals surface area contributed by atoms with Crippen LogP contribution in [0.1, 0.15) is 27.0 Å². The largest absolute Gasteiger partial charge is 0.460 e. The number of carbonyl (C=O) groups is 1. The van der Waals surface area contributed by atoms with E-state index in [1.165, 1.54) is 11.1 Å². The van der Waals surface area contributed by atoms with Crippen molar-refractivity contribution in [2.45, 2.75) is 20.5 Å². The molecular formula is C24H24O3. The third-order valence-electron chi connectivity index (χ3n) is 4.25. The quantitative estimate of drug-likeness (QED) is 0.421. The highest BCUT2D eigenvalue weighted by molar-refractivity contribution is 5.90. The second-order valence-corrected chi connectivity index (χ2v) is 6.63. The number of hydrogen-bond donors (Lipinski definition) is 0. The molecule has 0 aliphatic heterocycles. The predicted octanol–water partition coefficient (Wildman–Crippen LogP) is 5.34. The molecule has 0 aliphatic rings. The third-order valence-corrected chi connectivity index (χ3v) is 4.25. The molecular weight excluding hydrogens is 336 g/mol. The van der Waals surface area contributed by atoms with E-state index in [1.54, 1.807) is 12.1 Å². The van der Waals surface area contributed by atoms with Crippen molar-refractivity contribution in [2.24, 2.45) is 0 Å². The Bertz CT molecular complexity index is 863. The minimum atomic E-state index is -0.328. The van der Waals surface area contributed by atoms with E-state index in [4.69, 9.17) is 9.47 Å². The van der Waals surface area contributed by atoms with Crippen LogP contribution in [0.15, 0.2) is 72.8 Å². The molecule has 0 aliphatic carbocycles. The normalized spacial score (nSPS) is 10.6. The summed E-state index contributed by atoms with van der Waals surface area (Å²) in [5.41, 5.74) is 6.34. The van der Waals surface area contributed by atoms with Crippen molar-refractivity contribution in [3.8, 4) is 11.1 Å². The van der Waals surface area contributed by atoms with Crippen molar-refractivity contribution < 1.29 is 14.3 Å². The molecule has 0 saturated carbocycles. The molecule has 0 bridgehead atoms. The lowest BCUT2D eigenvalue weighted by Gasteiger charge is -2.08. The number of aryl methyl sites for hydroxylation is 2. The molecule has 0 unspecified atom stereocenters. The van der Waals surface area contributed by atoms with Gasteiger partial charge in [0.1, 0.15) is 6.61 Å². The van der Waals surface area contributed by atoms with Crippen LogP contribution in [0.3, 0.4) is 0 Å². The highest BCUT2D eigenvalue weighted by Crippen LogP contribution is 2.22. The minimum absolute atomic E-state index is 0.241. The lowest BCUT2D eigenvalue weighted by Crippen LogP contribution is -2.10. The number of ether oxygens (including phenoxy) is 2. The molecule has 0 N–H and O–H groups in total. The van der Waals surface area contributed by atoms with Crippen LogP contribution in [-0.4, -0.2) is 19.2 Å². The Hall–Kier alpha value is -2.91. The minimum Gasteiger partial charge on any atom is -0.460 e. The van der Waals surface area contributed by atoms with Crippen molar-refractivity contribution in [2.75, 3.05) is 13.2 Å². The number of hydrogen-bond acceptors (Lipinski definition) is 3. The first-order valence-corrected chi connectivity index (χ1v) is 9.09. The fraction of sp³-hybridized carbons (Fsp3) is 0.208. The molecule has 3 heteroatoms. The predicted molar refractivity (Wildman–Crippen MR) is 108 cm³/mol. The third kappa shape index (κ3) is 5.53. The Labute approximate surface area is 160 Å². The lowest BCUT2D eigenvalue weighted by molar-refractivity contribution is 0.0288. The molecule has 0 spiro atoms. The van der Waals surface area contributed by atoms with Crippen molar-refractivity contribution in [3.05, 3.63) is 95.1 Å². The fourth-order valence-electron chi connectivity index (χ4n) is 2.98. The molecule has 0 radical (unpaired) electrons. The molecule has 138 valence electrons. The van der Waals surface area contributed by atoms with E-state index in [9.17, 15) is 4.79 Å². The van der Waals surface area contributed by atoms with Gasteiger partial charge in [-0.05, 0) is 42.7 Å². The number of esters is 1. The van der Waals surface area contributed by atoms with Crippen LogP contribution in [0.4, 0.5) is 0 Å². The standard InChI is InChI=1S/C24H24O3/c1-18-14-19(2)16-23(15-18)21-8-10-22(11-9-21)24(25)27-13-12-26-17-20-6-4-3-5-7-20/h3-11,14-16H,12-13,17H2,1-2H3. The molecule has 3 aromatic rings. The topological polar surface area (TPSA) is 35.5 Å². The Kier molecular flexibility index (Phi) is 6.39. The van der Waals surface area contributed by atoms with E-state index in [-0.39, 0.29) is 12.6 Å². The van der Waals surface area contributed by atoms with Gasteiger partial charge >= 0.3 is 5.97 Å². The maximum Gasteiger partial charge on any atom is 0.338 e. The Morgan fingerprint density at radius 2 is 1.44 bits per heavy atom. The smallest absolute Gasteiger partial charge is 0.338 e. The first-order valence-electron chi connectivity index (χ1n) is 9.09. The maximum atomic E-state index is 12.2. The summed E-state index contributed by atoms with van der Waals surface area (Å²) in [5, 5.41) is 0. The molecule has 3 aromatic carbocycles. The molecule has 27 heavy (non-hydrogen) atoms. The van der Waals surface area contributed by atoms with E-state index < -0.39 is 0 Å². The van der Waals surface area contributed by atoms with Crippen LogP contribution >= 0.6 is 0 Å². The van der Waals surface area contributed by atoms with E-state index >= 15 is 0 Å². The maximum absolute atomic E-state index is 12.2. The van der Waals surface area contributed by atoms with Crippen LogP contribution in [0.2, 0.25) is 0 Å². The van der Waals surface area contributed by atoms with Gasteiger partial charge < -0.3 is 9.47 Å². The molecule has 3 nitrogen and oxygen atoms in total. The first-order chi connectivity index (χ1) is 13.1. The summed E-state index contributed by atoms with van der Waals surface area (Å²) in [6.45, 7) is 5.30. The Morgan fingerprint density at radius 3 is 2.11 bits per heavy atom. The summed E-state index contributed by atoms with van der Waals surface area (Å²) in [6, 6.07) is 23.9. The second-order valence-electron chi connectivity index (χ2n) is 6.63. The van der Waals surface area contributed by atoms with Crippen LogP contribution < -0.4 is 0 Å². The van der Waals surface area contributed by atoms with Crippen LogP contribution in [0, 0.1) is 13.8 Å². The van der Waals surface area contributed by atoms with Gasteiger partial charge in [-0.15, -0.1) is 0 Å². The van der Waals surface area contributed by atoms with Crippen LogP contribution in [0.5, 0.6) is 0 Å². The van der Waals surface area contributed by atoms with E-state index in [2.05, 4.69) is 32.0 Å². The van der Waals surface area contributed by atoms with Gasteiger partial charge in [-0.2, -0.15) is 0 Å². The number of benzene rings is 3. The van der Waals surface area contributed by atoms with Gasteiger partial charge in [0, 0.05) is 0 Å². The van der Waals surface area contributed by atoms with Gasteiger partial charge in [0.05, 0.1) is 18.8 Å². The summed E-state index contributed by atoms with van der Waals surface area (Å²) < 4.78 is 10.8. The number of carbonyl (C=O) groups excluding carboxylic acids is 1. The van der Waals surface area contributed by atoms with Gasteiger partial charge in [0.2, 0.25) is 0 Å². The van der Waals surface area contributed by atoms with Gasteiger partial charge in [0.25, 0.3) is 0 Å². The zero-order valence-electron chi connectivity index (χ0n) is 15.8. The monoisotopic (exact) mass is 360 g/mol. The fourth-order valence-corrected chi connectivity index (χ4v) is 2.98. The van der Waals surface area contributed by atoms with Crippen molar-refractivity contribution in [1.82, 2.24) is 0 Å². The molecule has 0 heterocycles. The molecule has 0 aromatic heterocycles. The molecule has 3 rings (SSSR count). The van der Waals surface area contributed by atoms with E-state index in [0.717, 1.165) is 16.7 Å². The van der Waals surface area contributed by atoms with E-state index in [1.807, 2.05) is 42.5 Å². The summed E-state index contributed by atoms with van der Waals surface area (Å²) in [7, 11) is 0. The van der Waals surface area contributed by atoms with Gasteiger partial charge in [-0.25, -0.2) is 4.79 Å². The van der Waals surface area contributed by atoms with Gasteiger partial charge in [-0.3, -0.25) is 0 Å². The highest BCUT2D eigenvalue weighted by Gasteiger charge is 2.08. The van der Waals surface area contributed by atoms with Crippen LogP contribution in [-0.2, 0) is 16.1 Å². The summed E-state index contributed by atoms with van der Waals surface area (Å²) in [4.78, 5) is 12.2. The Morgan fingerprint density at radius 1 is 0.778 bits per heavy atom. The SMILES string of the molecule is Cc1cc(C)cc(-c2ccc(C(=O)OCCOCc3ccccc3)cc2)c1. The molecule has 0 fully saturated rings. The Balaban J connectivity index is 1.49. The summed E-state index contributed by atoms with van der Waals surface area (Å²) >= 11 is 0. The van der Waals surface area contributed by atoms with Gasteiger partial charge in [0.15, 0.2) is 0 Å². The summed E-state index contributed by atoms with van der Waals surface area (Å²) in [5.74, 6) is -0.328. The zero-order valence-corrected chi connectivity index (χ0v) is 15.8. The molecule has 0 saturated heterocycles. The lowest BCUT2D eigenvalue weighted by atomic mass is 10.00. The van der Waals surface area contributed by atoms with Gasteiger partial charge in [-0.1, -0.05) is 71.8 Å². The van der Waals surface area contributed by atoms with Crippen molar-refractivity contribution in [1.29, 1.82) is 0 Å². The van der Waals surface area contributed by atoms with Crippen molar-refractivity contribution in [3.63, 3.8) is 0 Å². The molecule has 0 amide bonds. The number of rotatable bonds is 7. The first kappa shape index (κ1) is 18.9. The average Bonchev–Trinajstić information content (AvgIpc) is 2.68. The summed E-state index contributed by atoms with van der Waals surface area (Å²) in [6.07, 6.45) is 0. The molecule has 0 atom stereocenters.